The maximum absolute atomic E-state index is 5.64. The SMILES string of the molecule is COc1cccc(Cc2cc(N)cnn2)c1. The molecule has 4 nitrogen and oxygen atoms in total. The number of nitrogen functional groups attached to an aromatic ring is 1. The first kappa shape index (κ1) is 10.4. The van der Waals surface area contributed by atoms with Crippen molar-refractivity contribution in [2.75, 3.05) is 12.8 Å². The Balaban J connectivity index is 2.20. The van der Waals surface area contributed by atoms with Gasteiger partial charge in [0.2, 0.25) is 0 Å². The van der Waals surface area contributed by atoms with Gasteiger partial charge in [-0.05, 0) is 23.8 Å². The van der Waals surface area contributed by atoms with Crippen LogP contribution in [0.25, 0.3) is 0 Å². The summed E-state index contributed by atoms with van der Waals surface area (Å²) in [5.74, 6) is 0.842. The largest absolute Gasteiger partial charge is 0.497 e. The van der Waals surface area contributed by atoms with E-state index in [1.54, 1.807) is 7.11 Å². The molecule has 0 saturated carbocycles. The molecule has 2 aromatic rings. The van der Waals surface area contributed by atoms with E-state index in [0.717, 1.165) is 17.0 Å². The Morgan fingerprint density at radius 2 is 2.19 bits per heavy atom. The van der Waals surface area contributed by atoms with Gasteiger partial charge in [0.15, 0.2) is 0 Å². The molecule has 0 amide bonds. The van der Waals surface area contributed by atoms with Crippen LogP contribution in [-0.2, 0) is 6.42 Å². The minimum atomic E-state index is 0.632. The molecule has 4 heteroatoms. The maximum atomic E-state index is 5.64. The van der Waals surface area contributed by atoms with Crippen LogP contribution in [0.3, 0.4) is 0 Å². The van der Waals surface area contributed by atoms with Gasteiger partial charge in [0.25, 0.3) is 0 Å². The highest BCUT2D eigenvalue weighted by molar-refractivity contribution is 5.37. The number of anilines is 1. The van der Waals surface area contributed by atoms with Crippen molar-refractivity contribution >= 4 is 5.69 Å². The van der Waals surface area contributed by atoms with Gasteiger partial charge in [-0.25, -0.2) is 0 Å². The molecule has 0 atom stereocenters. The number of aromatic nitrogens is 2. The van der Waals surface area contributed by atoms with Crippen molar-refractivity contribution in [1.82, 2.24) is 10.2 Å². The van der Waals surface area contributed by atoms with Gasteiger partial charge in [-0.15, -0.1) is 0 Å². The topological polar surface area (TPSA) is 61.0 Å². The molecule has 1 aromatic heterocycles. The Morgan fingerprint density at radius 1 is 1.31 bits per heavy atom. The van der Waals surface area contributed by atoms with Crippen LogP contribution in [0.1, 0.15) is 11.3 Å². The second-order valence-electron chi connectivity index (χ2n) is 3.51. The number of hydrogen-bond acceptors (Lipinski definition) is 4. The Kier molecular flexibility index (Phi) is 3.00. The van der Waals surface area contributed by atoms with Crippen LogP contribution < -0.4 is 10.5 Å². The molecule has 16 heavy (non-hydrogen) atoms. The third kappa shape index (κ3) is 2.48. The monoisotopic (exact) mass is 215 g/mol. The molecule has 1 heterocycles. The Morgan fingerprint density at radius 3 is 2.94 bits per heavy atom. The molecular formula is C12H13N3O. The third-order valence-electron chi connectivity index (χ3n) is 2.25. The van der Waals surface area contributed by atoms with Crippen LogP contribution in [0.15, 0.2) is 36.5 Å². The van der Waals surface area contributed by atoms with E-state index >= 15 is 0 Å². The van der Waals surface area contributed by atoms with E-state index in [2.05, 4.69) is 10.2 Å². The summed E-state index contributed by atoms with van der Waals surface area (Å²) in [7, 11) is 1.65. The second kappa shape index (κ2) is 4.61. The van der Waals surface area contributed by atoms with Crippen molar-refractivity contribution in [3.63, 3.8) is 0 Å². The highest BCUT2D eigenvalue weighted by Gasteiger charge is 2.00. The molecule has 82 valence electrons. The molecule has 2 rings (SSSR count). The lowest BCUT2D eigenvalue weighted by Crippen LogP contribution is -1.97. The number of benzene rings is 1. The predicted molar refractivity (Wildman–Crippen MR) is 62.2 cm³/mol. The highest BCUT2D eigenvalue weighted by Crippen LogP contribution is 2.15. The fourth-order valence-corrected chi connectivity index (χ4v) is 1.51. The molecule has 0 unspecified atom stereocenters. The van der Waals surface area contributed by atoms with Gasteiger partial charge in [0.05, 0.1) is 24.7 Å². The summed E-state index contributed by atoms with van der Waals surface area (Å²) in [5.41, 5.74) is 8.25. The summed E-state index contributed by atoms with van der Waals surface area (Å²) in [6.07, 6.45) is 2.24. The Hall–Kier alpha value is -2.10. The summed E-state index contributed by atoms with van der Waals surface area (Å²) < 4.78 is 5.16. The fraction of sp³-hybridized carbons (Fsp3) is 0.167. The maximum Gasteiger partial charge on any atom is 0.119 e. The minimum Gasteiger partial charge on any atom is -0.497 e. The van der Waals surface area contributed by atoms with Crippen molar-refractivity contribution < 1.29 is 4.74 Å². The third-order valence-corrected chi connectivity index (χ3v) is 2.25. The zero-order chi connectivity index (χ0) is 11.4. The summed E-state index contributed by atoms with van der Waals surface area (Å²) in [6.45, 7) is 0. The first-order chi connectivity index (χ1) is 7.78. The van der Waals surface area contributed by atoms with Crippen LogP contribution in [0.5, 0.6) is 5.75 Å². The lowest BCUT2D eigenvalue weighted by atomic mass is 10.1. The van der Waals surface area contributed by atoms with E-state index in [1.807, 2.05) is 30.3 Å². The smallest absolute Gasteiger partial charge is 0.119 e. The number of hydrogen-bond donors (Lipinski definition) is 1. The molecule has 0 fully saturated rings. The van der Waals surface area contributed by atoms with Gasteiger partial charge in [-0.3, -0.25) is 0 Å². The van der Waals surface area contributed by atoms with E-state index in [-0.39, 0.29) is 0 Å². The molecule has 0 aliphatic rings. The zero-order valence-corrected chi connectivity index (χ0v) is 9.05. The number of rotatable bonds is 3. The predicted octanol–water partition coefficient (Wildman–Crippen LogP) is 1.66. The lowest BCUT2D eigenvalue weighted by Gasteiger charge is -2.04. The van der Waals surface area contributed by atoms with Crippen molar-refractivity contribution in [3.05, 3.63) is 47.8 Å². The van der Waals surface area contributed by atoms with E-state index in [4.69, 9.17) is 10.5 Å². The Bertz CT molecular complexity index is 485. The summed E-state index contributed by atoms with van der Waals surface area (Å²) in [5, 5.41) is 7.84. The fourth-order valence-electron chi connectivity index (χ4n) is 1.51. The first-order valence-corrected chi connectivity index (χ1v) is 4.98. The molecule has 0 bridgehead atoms. The molecule has 1 aromatic carbocycles. The Labute approximate surface area is 94.1 Å². The van der Waals surface area contributed by atoms with Crippen molar-refractivity contribution in [2.45, 2.75) is 6.42 Å². The molecule has 0 radical (unpaired) electrons. The van der Waals surface area contributed by atoms with Crippen LogP contribution in [0, 0.1) is 0 Å². The molecule has 0 aliphatic carbocycles. The average Bonchev–Trinajstić information content (AvgIpc) is 2.29. The zero-order valence-electron chi connectivity index (χ0n) is 9.05. The van der Waals surface area contributed by atoms with E-state index in [9.17, 15) is 0 Å². The molecule has 2 N–H and O–H groups in total. The normalized spacial score (nSPS) is 10.1. The van der Waals surface area contributed by atoms with Crippen LogP contribution in [0.2, 0.25) is 0 Å². The van der Waals surface area contributed by atoms with E-state index in [0.29, 0.717) is 12.1 Å². The van der Waals surface area contributed by atoms with Gasteiger partial charge < -0.3 is 10.5 Å². The number of nitrogens with zero attached hydrogens (tertiary/aromatic N) is 2. The summed E-state index contributed by atoms with van der Waals surface area (Å²) in [6, 6.07) is 9.69. The first-order valence-electron chi connectivity index (χ1n) is 4.98. The van der Waals surface area contributed by atoms with Crippen LogP contribution in [-0.4, -0.2) is 17.3 Å². The van der Waals surface area contributed by atoms with Gasteiger partial charge in [0.1, 0.15) is 5.75 Å². The minimum absolute atomic E-state index is 0.632. The van der Waals surface area contributed by atoms with Crippen LogP contribution >= 0.6 is 0 Å². The second-order valence-corrected chi connectivity index (χ2v) is 3.51. The highest BCUT2D eigenvalue weighted by atomic mass is 16.5. The van der Waals surface area contributed by atoms with E-state index < -0.39 is 0 Å². The summed E-state index contributed by atoms with van der Waals surface area (Å²) in [4.78, 5) is 0. The number of ether oxygens (including phenoxy) is 1. The molecule has 0 saturated heterocycles. The van der Waals surface area contributed by atoms with E-state index in [1.165, 1.54) is 6.20 Å². The number of methoxy groups -OCH3 is 1. The van der Waals surface area contributed by atoms with Gasteiger partial charge in [-0.1, -0.05) is 12.1 Å². The van der Waals surface area contributed by atoms with Gasteiger partial charge >= 0.3 is 0 Å². The quantitative estimate of drug-likeness (QED) is 0.845. The van der Waals surface area contributed by atoms with Crippen molar-refractivity contribution in [2.24, 2.45) is 0 Å². The van der Waals surface area contributed by atoms with Crippen LogP contribution in [0.4, 0.5) is 5.69 Å². The lowest BCUT2D eigenvalue weighted by molar-refractivity contribution is 0.414. The van der Waals surface area contributed by atoms with Gasteiger partial charge in [-0.2, -0.15) is 10.2 Å². The van der Waals surface area contributed by atoms with Gasteiger partial charge in [0, 0.05) is 6.42 Å². The van der Waals surface area contributed by atoms with Crippen molar-refractivity contribution in [1.29, 1.82) is 0 Å². The molecule has 0 aliphatic heterocycles. The average molecular weight is 215 g/mol. The molecular weight excluding hydrogens is 202 g/mol. The van der Waals surface area contributed by atoms with Crippen molar-refractivity contribution in [3.8, 4) is 5.75 Å². The summed E-state index contributed by atoms with van der Waals surface area (Å²) >= 11 is 0. The standard InChI is InChI=1S/C12H13N3O/c1-16-12-4-2-3-9(6-12)5-11-7-10(13)8-14-15-11/h2-4,6-8H,5H2,1H3,(H2,13,15). The number of nitrogens with two attached hydrogens (primary N) is 1. The molecule has 0 spiro atoms.